The van der Waals surface area contributed by atoms with E-state index in [4.69, 9.17) is 0 Å². The Kier molecular flexibility index (Phi) is 4.12. The highest BCUT2D eigenvalue weighted by Crippen LogP contribution is 2.24. The maximum absolute atomic E-state index is 12.4. The van der Waals surface area contributed by atoms with Gasteiger partial charge >= 0.3 is 0 Å². The minimum Gasteiger partial charge on any atom is -0.323 e. The molecular weight excluding hydrogens is 364 g/mol. The highest BCUT2D eigenvalue weighted by Gasteiger charge is 2.30. The summed E-state index contributed by atoms with van der Waals surface area (Å²) in [6.07, 6.45) is 1.66. The van der Waals surface area contributed by atoms with Crippen LogP contribution >= 0.6 is 0 Å². The molecule has 0 spiro atoms. The van der Waals surface area contributed by atoms with Crippen molar-refractivity contribution in [2.45, 2.75) is 11.8 Å². The molecule has 0 radical (unpaired) electrons. The second-order valence-corrected chi connectivity index (χ2v) is 7.85. The smallest absolute Gasteiger partial charge is 0.263 e. The molecule has 0 bridgehead atoms. The number of aromatic nitrogens is 1. The quantitative estimate of drug-likeness (QED) is 0.727. The van der Waals surface area contributed by atoms with Gasteiger partial charge in [0.05, 0.1) is 16.1 Å². The van der Waals surface area contributed by atoms with Gasteiger partial charge in [0.2, 0.25) is 5.91 Å². The molecule has 1 aliphatic rings. The van der Waals surface area contributed by atoms with Crippen molar-refractivity contribution in [3.05, 3.63) is 65.9 Å². The number of hydrogen-bond donors (Lipinski definition) is 2. The molecule has 136 valence electrons. The van der Waals surface area contributed by atoms with Gasteiger partial charge in [-0.3, -0.25) is 19.5 Å². The van der Waals surface area contributed by atoms with Gasteiger partial charge in [0.1, 0.15) is 12.4 Å². The van der Waals surface area contributed by atoms with Gasteiger partial charge in [0.15, 0.2) is 0 Å². The molecule has 0 aliphatic carbocycles. The molecule has 1 aliphatic heterocycles. The SMILES string of the molecule is Cc1cc(NC(=O)CN=C2NS(=O)(=O)c3ccccc32)c2ncccc2c1. The van der Waals surface area contributed by atoms with E-state index in [9.17, 15) is 13.2 Å². The van der Waals surface area contributed by atoms with E-state index in [1.807, 2.05) is 31.2 Å². The number of nitrogens with zero attached hydrogens (tertiary/aromatic N) is 2. The van der Waals surface area contributed by atoms with Crippen molar-refractivity contribution in [3.8, 4) is 0 Å². The summed E-state index contributed by atoms with van der Waals surface area (Å²) in [5, 5.41) is 3.74. The number of carbonyl (C=O) groups excluding carboxylic acids is 1. The average Bonchev–Trinajstić information content (AvgIpc) is 2.91. The molecule has 7 nitrogen and oxygen atoms in total. The number of hydrogen-bond acceptors (Lipinski definition) is 5. The van der Waals surface area contributed by atoms with Crippen LogP contribution in [0, 0.1) is 6.92 Å². The largest absolute Gasteiger partial charge is 0.323 e. The molecule has 2 aromatic carbocycles. The van der Waals surface area contributed by atoms with Crippen molar-refractivity contribution in [1.29, 1.82) is 0 Å². The lowest BCUT2D eigenvalue weighted by molar-refractivity contribution is -0.114. The summed E-state index contributed by atoms with van der Waals surface area (Å²) < 4.78 is 26.5. The van der Waals surface area contributed by atoms with E-state index >= 15 is 0 Å². The van der Waals surface area contributed by atoms with Crippen molar-refractivity contribution in [3.63, 3.8) is 0 Å². The van der Waals surface area contributed by atoms with Gasteiger partial charge in [0, 0.05) is 17.1 Å². The normalized spacial score (nSPS) is 16.1. The van der Waals surface area contributed by atoms with Crippen molar-refractivity contribution < 1.29 is 13.2 Å². The van der Waals surface area contributed by atoms with E-state index in [2.05, 4.69) is 20.0 Å². The van der Waals surface area contributed by atoms with Gasteiger partial charge in [0.25, 0.3) is 10.0 Å². The van der Waals surface area contributed by atoms with Crippen LogP contribution in [0.5, 0.6) is 0 Å². The third-order valence-electron chi connectivity index (χ3n) is 4.17. The van der Waals surface area contributed by atoms with Crippen LogP contribution < -0.4 is 10.0 Å². The van der Waals surface area contributed by atoms with Crippen molar-refractivity contribution >= 4 is 38.4 Å². The fourth-order valence-corrected chi connectivity index (χ4v) is 4.28. The monoisotopic (exact) mass is 380 g/mol. The summed E-state index contributed by atoms with van der Waals surface area (Å²) in [6, 6.07) is 14.1. The number of rotatable bonds is 3. The Labute approximate surface area is 156 Å². The first kappa shape index (κ1) is 17.2. The first-order valence-corrected chi connectivity index (χ1v) is 9.74. The van der Waals surface area contributed by atoms with Crippen LogP contribution in [0.1, 0.15) is 11.1 Å². The Morgan fingerprint density at radius 2 is 2.00 bits per heavy atom. The molecule has 27 heavy (non-hydrogen) atoms. The maximum atomic E-state index is 12.4. The zero-order chi connectivity index (χ0) is 19.0. The summed E-state index contributed by atoms with van der Waals surface area (Å²) in [6.45, 7) is 1.72. The Morgan fingerprint density at radius 1 is 1.19 bits per heavy atom. The van der Waals surface area contributed by atoms with Crippen LogP contribution in [0.25, 0.3) is 10.9 Å². The number of amidine groups is 1. The summed E-state index contributed by atoms with van der Waals surface area (Å²) in [5.74, 6) is -0.184. The Bertz CT molecular complexity index is 1200. The van der Waals surface area contributed by atoms with Gasteiger partial charge in [-0.1, -0.05) is 18.2 Å². The lowest BCUT2D eigenvalue weighted by Gasteiger charge is -2.09. The molecule has 0 unspecified atom stereocenters. The highest BCUT2D eigenvalue weighted by molar-refractivity contribution is 7.90. The second kappa shape index (κ2) is 6.48. The van der Waals surface area contributed by atoms with Crippen molar-refractivity contribution in [2.24, 2.45) is 4.99 Å². The van der Waals surface area contributed by atoms with Gasteiger partial charge in [-0.05, 0) is 42.8 Å². The number of sulfonamides is 1. The lowest BCUT2D eigenvalue weighted by Crippen LogP contribution is -2.24. The van der Waals surface area contributed by atoms with Crippen molar-refractivity contribution in [2.75, 3.05) is 11.9 Å². The summed E-state index contributed by atoms with van der Waals surface area (Å²) in [5.41, 5.74) is 2.75. The van der Waals surface area contributed by atoms with Crippen LogP contribution in [0.15, 0.2) is 64.6 Å². The number of amides is 1. The van der Waals surface area contributed by atoms with E-state index in [1.165, 1.54) is 6.07 Å². The molecule has 8 heteroatoms. The topological polar surface area (TPSA) is 101 Å². The fourth-order valence-electron chi connectivity index (χ4n) is 3.03. The molecule has 0 saturated carbocycles. The number of aryl methyl sites for hydroxylation is 1. The molecule has 4 rings (SSSR count). The third-order valence-corrected chi connectivity index (χ3v) is 5.56. The number of carbonyl (C=O) groups is 1. The molecule has 1 amide bonds. The van der Waals surface area contributed by atoms with Gasteiger partial charge < -0.3 is 5.32 Å². The van der Waals surface area contributed by atoms with Crippen LogP contribution in [0.3, 0.4) is 0 Å². The highest BCUT2D eigenvalue weighted by atomic mass is 32.2. The number of aliphatic imine (C=N–C) groups is 1. The van der Waals surface area contributed by atoms with Gasteiger partial charge in [-0.25, -0.2) is 8.42 Å². The van der Waals surface area contributed by atoms with Crippen molar-refractivity contribution in [1.82, 2.24) is 9.71 Å². The molecule has 2 N–H and O–H groups in total. The summed E-state index contributed by atoms with van der Waals surface area (Å²) in [7, 11) is -3.62. The van der Waals surface area contributed by atoms with E-state index in [-0.39, 0.29) is 23.2 Å². The van der Waals surface area contributed by atoms with E-state index in [0.717, 1.165) is 10.9 Å². The number of pyridine rings is 1. The molecule has 0 fully saturated rings. The van der Waals surface area contributed by atoms with Crippen LogP contribution in [-0.4, -0.2) is 31.7 Å². The number of nitrogens with one attached hydrogen (secondary N) is 2. The number of benzene rings is 2. The van der Waals surface area contributed by atoms with Gasteiger partial charge in [-0.15, -0.1) is 0 Å². The molecule has 2 heterocycles. The lowest BCUT2D eigenvalue weighted by atomic mass is 10.1. The van der Waals surface area contributed by atoms with E-state index < -0.39 is 10.0 Å². The minimum absolute atomic E-state index is 0.165. The Hall–Kier alpha value is -3.26. The standard InChI is InChI=1S/C19H16N4O3S/c1-12-9-13-5-4-8-20-18(13)15(10-12)22-17(24)11-21-19-14-6-2-3-7-16(14)27(25,26)23-19/h2-10H,11H2,1H3,(H,21,23)(H,22,24). The molecule has 3 aromatic rings. The third kappa shape index (κ3) is 3.26. The van der Waals surface area contributed by atoms with Crippen LogP contribution in [0.2, 0.25) is 0 Å². The fraction of sp³-hybridized carbons (Fsp3) is 0.105. The number of anilines is 1. The second-order valence-electron chi connectivity index (χ2n) is 6.20. The minimum atomic E-state index is -3.62. The first-order valence-electron chi connectivity index (χ1n) is 8.26. The Balaban J connectivity index is 1.58. The Morgan fingerprint density at radius 3 is 2.85 bits per heavy atom. The summed E-state index contributed by atoms with van der Waals surface area (Å²) >= 11 is 0. The maximum Gasteiger partial charge on any atom is 0.263 e. The zero-order valence-corrected chi connectivity index (χ0v) is 15.2. The molecule has 1 aromatic heterocycles. The first-order chi connectivity index (χ1) is 12.9. The zero-order valence-electron chi connectivity index (χ0n) is 14.4. The molecular formula is C19H16N4O3S. The number of fused-ring (bicyclic) bond motifs is 2. The summed E-state index contributed by atoms with van der Waals surface area (Å²) in [4.78, 5) is 21.0. The van der Waals surface area contributed by atoms with Gasteiger partial charge in [-0.2, -0.15) is 0 Å². The van der Waals surface area contributed by atoms with E-state index in [0.29, 0.717) is 16.8 Å². The van der Waals surface area contributed by atoms with E-state index in [1.54, 1.807) is 24.4 Å². The predicted molar refractivity (Wildman–Crippen MR) is 103 cm³/mol. The average molecular weight is 380 g/mol. The predicted octanol–water partition coefficient (Wildman–Crippen LogP) is 2.22. The molecule has 0 atom stereocenters. The van der Waals surface area contributed by atoms with Crippen LogP contribution in [0.4, 0.5) is 5.69 Å². The molecule has 0 saturated heterocycles. The van der Waals surface area contributed by atoms with Crippen LogP contribution in [-0.2, 0) is 14.8 Å².